The van der Waals surface area contributed by atoms with Crippen LogP contribution >= 0.6 is 0 Å². The quantitative estimate of drug-likeness (QED) is 0.404. The zero-order chi connectivity index (χ0) is 18.5. The van der Waals surface area contributed by atoms with Gasteiger partial charge in [-0.25, -0.2) is 19.4 Å². The van der Waals surface area contributed by atoms with E-state index in [9.17, 15) is 14.9 Å². The van der Waals surface area contributed by atoms with Crippen molar-refractivity contribution < 1.29 is 14.5 Å². The summed E-state index contributed by atoms with van der Waals surface area (Å²) in [4.78, 5) is 30.0. The second kappa shape index (κ2) is 7.38. The minimum atomic E-state index is -0.684. The number of benzene rings is 1. The first-order chi connectivity index (χ1) is 12.6. The lowest BCUT2D eigenvalue weighted by molar-refractivity contribution is -0.384. The summed E-state index contributed by atoms with van der Waals surface area (Å²) in [5.41, 5.74) is 1.45. The normalized spacial score (nSPS) is 10.3. The summed E-state index contributed by atoms with van der Waals surface area (Å²) in [7, 11) is 1.20. The monoisotopic (exact) mass is 354 g/mol. The summed E-state index contributed by atoms with van der Waals surface area (Å²) in [5, 5.41) is 18.2. The van der Waals surface area contributed by atoms with Crippen LogP contribution in [0.25, 0.3) is 5.69 Å². The standard InChI is InChI=1S/C16H14N6O4/c1-26-16(23)12-6-14(22(24)25)15(19-8-12)18-7-11-2-4-13(5-3-11)21-10-17-9-20-21/h2-6,8-10H,7H2,1H3,(H,18,19). The molecule has 0 fully saturated rings. The SMILES string of the molecule is COC(=O)c1cnc(NCc2ccc(-n3cncn3)cc2)c([N+](=O)[O-])c1. The zero-order valence-electron chi connectivity index (χ0n) is 13.7. The Morgan fingerprint density at radius 3 is 2.73 bits per heavy atom. The van der Waals surface area contributed by atoms with Gasteiger partial charge < -0.3 is 10.1 Å². The summed E-state index contributed by atoms with van der Waals surface area (Å²) in [6.45, 7) is 0.322. The van der Waals surface area contributed by atoms with Gasteiger partial charge in [-0.2, -0.15) is 5.10 Å². The molecule has 0 radical (unpaired) electrons. The summed E-state index contributed by atoms with van der Waals surface area (Å²) in [5.74, 6) is -0.612. The van der Waals surface area contributed by atoms with Crippen LogP contribution in [0.4, 0.5) is 11.5 Å². The van der Waals surface area contributed by atoms with Gasteiger partial charge in [0.15, 0.2) is 0 Å². The van der Waals surface area contributed by atoms with Gasteiger partial charge in [0.1, 0.15) is 12.7 Å². The van der Waals surface area contributed by atoms with Crippen molar-refractivity contribution in [2.45, 2.75) is 6.54 Å². The first kappa shape index (κ1) is 17.0. The van der Waals surface area contributed by atoms with Crippen LogP contribution in [-0.2, 0) is 11.3 Å². The highest BCUT2D eigenvalue weighted by molar-refractivity contribution is 5.90. The number of hydrogen-bond donors (Lipinski definition) is 1. The van der Waals surface area contributed by atoms with Crippen molar-refractivity contribution in [1.29, 1.82) is 0 Å². The maximum Gasteiger partial charge on any atom is 0.339 e. The molecule has 0 bridgehead atoms. The molecule has 10 heteroatoms. The molecule has 2 aromatic heterocycles. The predicted molar refractivity (Wildman–Crippen MR) is 90.9 cm³/mol. The van der Waals surface area contributed by atoms with Crippen molar-refractivity contribution >= 4 is 17.5 Å². The number of rotatable bonds is 6. The molecule has 0 amide bonds. The number of nitrogens with zero attached hydrogens (tertiary/aromatic N) is 5. The van der Waals surface area contributed by atoms with Crippen LogP contribution in [0.1, 0.15) is 15.9 Å². The van der Waals surface area contributed by atoms with Gasteiger partial charge >= 0.3 is 11.7 Å². The molecule has 1 aromatic carbocycles. The predicted octanol–water partition coefficient (Wildman–Crippen LogP) is 1.97. The van der Waals surface area contributed by atoms with Crippen molar-refractivity contribution in [2.75, 3.05) is 12.4 Å². The fourth-order valence-electron chi connectivity index (χ4n) is 2.25. The smallest absolute Gasteiger partial charge is 0.339 e. The van der Waals surface area contributed by atoms with Crippen LogP contribution in [0.2, 0.25) is 0 Å². The highest BCUT2D eigenvalue weighted by Crippen LogP contribution is 2.24. The van der Waals surface area contributed by atoms with Crippen molar-refractivity contribution in [3.8, 4) is 5.69 Å². The number of pyridine rings is 1. The zero-order valence-corrected chi connectivity index (χ0v) is 13.7. The molecule has 3 rings (SSSR count). The molecule has 10 nitrogen and oxygen atoms in total. The van der Waals surface area contributed by atoms with Crippen molar-refractivity contribution in [1.82, 2.24) is 19.7 Å². The molecule has 1 N–H and O–H groups in total. The van der Waals surface area contributed by atoms with E-state index < -0.39 is 10.9 Å². The first-order valence-corrected chi connectivity index (χ1v) is 7.49. The molecule has 0 aliphatic carbocycles. The van der Waals surface area contributed by atoms with Crippen LogP contribution in [0, 0.1) is 10.1 Å². The molecule has 0 unspecified atom stereocenters. The lowest BCUT2D eigenvalue weighted by Crippen LogP contribution is -2.08. The third-order valence-electron chi connectivity index (χ3n) is 3.56. The number of aromatic nitrogens is 4. The molecule has 132 valence electrons. The molecule has 26 heavy (non-hydrogen) atoms. The van der Waals surface area contributed by atoms with Crippen LogP contribution in [0.3, 0.4) is 0 Å². The van der Waals surface area contributed by atoms with Gasteiger partial charge in [0.2, 0.25) is 5.82 Å². The van der Waals surface area contributed by atoms with Gasteiger partial charge in [-0.05, 0) is 17.7 Å². The lowest BCUT2D eigenvalue weighted by Gasteiger charge is -2.08. The molecule has 0 saturated heterocycles. The first-order valence-electron chi connectivity index (χ1n) is 7.49. The van der Waals surface area contributed by atoms with Gasteiger partial charge in [0.05, 0.1) is 23.3 Å². The average Bonchev–Trinajstić information content (AvgIpc) is 3.20. The highest BCUT2D eigenvalue weighted by Gasteiger charge is 2.19. The number of methoxy groups -OCH3 is 1. The molecule has 0 atom stereocenters. The van der Waals surface area contributed by atoms with Crippen molar-refractivity contribution in [2.24, 2.45) is 0 Å². The Balaban J connectivity index is 1.74. The molecule has 3 aromatic rings. The lowest BCUT2D eigenvalue weighted by atomic mass is 10.2. The second-order valence-corrected chi connectivity index (χ2v) is 5.20. The van der Waals surface area contributed by atoms with Crippen molar-refractivity contribution in [3.05, 3.63) is 70.4 Å². The molecule has 0 saturated carbocycles. The third kappa shape index (κ3) is 3.64. The molecular weight excluding hydrogens is 340 g/mol. The van der Waals surface area contributed by atoms with E-state index in [-0.39, 0.29) is 17.1 Å². The van der Waals surface area contributed by atoms with Gasteiger partial charge in [0, 0.05) is 18.8 Å². The average molecular weight is 354 g/mol. The molecule has 2 heterocycles. The maximum absolute atomic E-state index is 11.5. The number of hydrogen-bond acceptors (Lipinski definition) is 8. The van der Waals surface area contributed by atoms with E-state index in [0.717, 1.165) is 17.3 Å². The number of carbonyl (C=O) groups is 1. The molecular formula is C16H14N6O4. The number of carbonyl (C=O) groups excluding carboxylic acids is 1. The van der Waals surface area contributed by atoms with E-state index >= 15 is 0 Å². The maximum atomic E-state index is 11.5. The highest BCUT2D eigenvalue weighted by atomic mass is 16.6. The molecule has 0 spiro atoms. The van der Waals surface area contributed by atoms with Gasteiger partial charge in [0.25, 0.3) is 0 Å². The van der Waals surface area contributed by atoms with Gasteiger partial charge in [-0.1, -0.05) is 12.1 Å². The van der Waals surface area contributed by atoms with E-state index in [1.165, 1.54) is 19.6 Å². The van der Waals surface area contributed by atoms with Crippen molar-refractivity contribution in [3.63, 3.8) is 0 Å². The topological polar surface area (TPSA) is 125 Å². The Morgan fingerprint density at radius 2 is 2.12 bits per heavy atom. The number of nitro groups is 1. The van der Waals surface area contributed by atoms with Gasteiger partial charge in [-0.3, -0.25) is 10.1 Å². The summed E-state index contributed by atoms with van der Waals surface area (Å²) < 4.78 is 6.17. The fourth-order valence-corrected chi connectivity index (χ4v) is 2.25. The third-order valence-corrected chi connectivity index (χ3v) is 3.56. The Labute approximate surface area is 147 Å². The second-order valence-electron chi connectivity index (χ2n) is 5.20. The van der Waals surface area contributed by atoms with Gasteiger partial charge in [-0.15, -0.1) is 0 Å². The Kier molecular flexibility index (Phi) is 4.83. The van der Waals surface area contributed by atoms with Crippen LogP contribution < -0.4 is 5.32 Å². The van der Waals surface area contributed by atoms with Crippen LogP contribution in [0.15, 0.2) is 49.2 Å². The number of esters is 1. The van der Waals surface area contributed by atoms with E-state index in [0.29, 0.717) is 6.54 Å². The number of nitrogens with one attached hydrogen (secondary N) is 1. The minimum absolute atomic E-state index is 0.0157. The van der Waals surface area contributed by atoms with Crippen LogP contribution in [-0.4, -0.2) is 37.8 Å². The Bertz CT molecular complexity index is 924. The minimum Gasteiger partial charge on any atom is -0.465 e. The number of anilines is 1. The van der Waals surface area contributed by atoms with E-state index in [4.69, 9.17) is 0 Å². The van der Waals surface area contributed by atoms with E-state index in [2.05, 4.69) is 25.1 Å². The number of ether oxygens (including phenoxy) is 1. The Hall–Kier alpha value is -3.82. The molecule has 0 aliphatic heterocycles. The van der Waals surface area contributed by atoms with E-state index in [1.54, 1.807) is 11.0 Å². The summed E-state index contributed by atoms with van der Waals surface area (Å²) >= 11 is 0. The largest absolute Gasteiger partial charge is 0.465 e. The summed E-state index contributed by atoms with van der Waals surface area (Å²) in [6.07, 6.45) is 4.26. The molecule has 0 aliphatic rings. The fraction of sp³-hybridized carbons (Fsp3) is 0.125. The van der Waals surface area contributed by atoms with Crippen LogP contribution in [0.5, 0.6) is 0 Å². The summed E-state index contributed by atoms with van der Waals surface area (Å²) in [6, 6.07) is 8.56. The van der Waals surface area contributed by atoms with E-state index in [1.807, 2.05) is 24.3 Å². The Morgan fingerprint density at radius 1 is 1.35 bits per heavy atom.